The molecule has 11 aromatic rings. The summed E-state index contributed by atoms with van der Waals surface area (Å²) in [6.07, 6.45) is 3.86. The Hall–Kier alpha value is -7.23. The third-order valence-electron chi connectivity index (χ3n) is 12.6. The Morgan fingerprint density at radius 3 is 1.49 bits per heavy atom. The van der Waals surface area contributed by atoms with E-state index in [1.165, 1.54) is 105 Å². The Morgan fingerprint density at radius 2 is 0.842 bits per heavy atom. The largest absolute Gasteiger partial charge is 0.309 e. The van der Waals surface area contributed by atoms with Gasteiger partial charge in [-0.25, -0.2) is 0 Å². The van der Waals surface area contributed by atoms with E-state index in [1.54, 1.807) is 0 Å². The monoisotopic (exact) mass is 727 g/mol. The molecule has 0 unspecified atom stereocenters. The van der Waals surface area contributed by atoms with E-state index in [0.29, 0.717) is 0 Å². The van der Waals surface area contributed by atoms with Crippen LogP contribution in [-0.2, 0) is 5.41 Å². The highest BCUT2D eigenvalue weighted by molar-refractivity contribution is 6.10. The van der Waals surface area contributed by atoms with Crippen molar-refractivity contribution in [2.45, 2.75) is 19.3 Å². The predicted molar refractivity (Wildman–Crippen MR) is 239 cm³/mol. The summed E-state index contributed by atoms with van der Waals surface area (Å²) in [7, 11) is 0. The van der Waals surface area contributed by atoms with Crippen LogP contribution in [-0.4, -0.2) is 14.1 Å². The molecule has 0 radical (unpaired) electrons. The zero-order valence-electron chi connectivity index (χ0n) is 31.7. The van der Waals surface area contributed by atoms with Crippen molar-refractivity contribution in [3.8, 4) is 44.8 Å². The zero-order chi connectivity index (χ0) is 37.8. The fourth-order valence-corrected chi connectivity index (χ4v) is 9.75. The second-order valence-corrected chi connectivity index (χ2v) is 16.1. The molecular weight excluding hydrogens is 691 g/mol. The lowest BCUT2D eigenvalue weighted by Crippen LogP contribution is -2.15. The lowest BCUT2D eigenvalue weighted by atomic mass is 9.81. The molecule has 0 amide bonds. The van der Waals surface area contributed by atoms with Crippen LogP contribution in [0.1, 0.15) is 25.0 Å². The summed E-state index contributed by atoms with van der Waals surface area (Å²) >= 11 is 0. The van der Waals surface area contributed by atoms with Crippen molar-refractivity contribution < 1.29 is 0 Å². The Labute approximate surface area is 330 Å². The fraction of sp³-hybridized carbons (Fsp3) is 0.0556. The first kappa shape index (κ1) is 32.1. The van der Waals surface area contributed by atoms with Crippen molar-refractivity contribution in [1.82, 2.24) is 14.1 Å². The van der Waals surface area contributed by atoms with E-state index < -0.39 is 0 Å². The second-order valence-electron chi connectivity index (χ2n) is 16.1. The lowest BCUT2D eigenvalue weighted by Gasteiger charge is -2.23. The SMILES string of the molecule is CC1(C)c2cc(-c3ccc(-n4c5ccccc5c5ccccc54)cc3)ccc2-c2ccc(-c3ccc4cc(-n5c6ccccc6c6cnccc65)ccc4c3)cc21. The molecule has 0 saturated carbocycles. The van der Waals surface area contributed by atoms with Gasteiger partial charge in [-0.05, 0) is 122 Å². The first-order chi connectivity index (χ1) is 28.0. The van der Waals surface area contributed by atoms with Crippen LogP contribution in [0.15, 0.2) is 188 Å². The van der Waals surface area contributed by atoms with Crippen LogP contribution < -0.4 is 0 Å². The van der Waals surface area contributed by atoms with Gasteiger partial charge in [0.2, 0.25) is 0 Å². The lowest BCUT2D eigenvalue weighted by molar-refractivity contribution is 0.661. The smallest absolute Gasteiger partial charge is 0.0571 e. The molecule has 3 nitrogen and oxygen atoms in total. The molecule has 3 aromatic heterocycles. The summed E-state index contributed by atoms with van der Waals surface area (Å²) in [5, 5.41) is 7.41. The molecule has 0 atom stereocenters. The molecule has 0 fully saturated rings. The van der Waals surface area contributed by atoms with E-state index in [-0.39, 0.29) is 5.41 Å². The van der Waals surface area contributed by atoms with Gasteiger partial charge in [0.1, 0.15) is 0 Å². The molecule has 57 heavy (non-hydrogen) atoms. The van der Waals surface area contributed by atoms with Gasteiger partial charge >= 0.3 is 0 Å². The summed E-state index contributed by atoms with van der Waals surface area (Å²) in [5.74, 6) is 0. The maximum atomic E-state index is 4.43. The number of benzene rings is 8. The molecule has 12 rings (SSSR count). The average Bonchev–Trinajstić information content (AvgIpc) is 3.86. The molecule has 0 spiro atoms. The Morgan fingerprint density at radius 1 is 0.386 bits per heavy atom. The van der Waals surface area contributed by atoms with Gasteiger partial charge in [0.15, 0.2) is 0 Å². The highest BCUT2D eigenvalue weighted by Gasteiger charge is 2.36. The van der Waals surface area contributed by atoms with Gasteiger partial charge < -0.3 is 9.13 Å². The number of para-hydroxylation sites is 3. The summed E-state index contributed by atoms with van der Waals surface area (Å²) < 4.78 is 4.74. The number of hydrogen-bond donors (Lipinski definition) is 0. The van der Waals surface area contributed by atoms with Crippen molar-refractivity contribution in [3.05, 3.63) is 199 Å². The molecule has 0 saturated heterocycles. The van der Waals surface area contributed by atoms with Crippen LogP contribution in [0, 0.1) is 0 Å². The molecule has 268 valence electrons. The van der Waals surface area contributed by atoms with Crippen LogP contribution in [0.2, 0.25) is 0 Å². The maximum absolute atomic E-state index is 4.43. The highest BCUT2D eigenvalue weighted by Crippen LogP contribution is 2.51. The summed E-state index contributed by atoms with van der Waals surface area (Å²) in [6, 6.07) is 65.0. The Bertz CT molecular complexity index is 3330. The third kappa shape index (κ3) is 4.69. The summed E-state index contributed by atoms with van der Waals surface area (Å²) in [4.78, 5) is 4.43. The Kier molecular flexibility index (Phi) is 6.68. The van der Waals surface area contributed by atoms with Crippen molar-refractivity contribution in [2.24, 2.45) is 0 Å². The molecule has 8 aromatic carbocycles. The minimum atomic E-state index is -0.136. The van der Waals surface area contributed by atoms with E-state index in [4.69, 9.17) is 0 Å². The van der Waals surface area contributed by atoms with E-state index in [9.17, 15) is 0 Å². The van der Waals surface area contributed by atoms with Gasteiger partial charge in [0, 0.05) is 50.7 Å². The average molecular weight is 728 g/mol. The van der Waals surface area contributed by atoms with E-state index >= 15 is 0 Å². The molecule has 1 aliphatic carbocycles. The number of pyridine rings is 1. The molecule has 3 heterocycles. The molecule has 0 bridgehead atoms. The molecule has 3 heteroatoms. The number of hydrogen-bond acceptors (Lipinski definition) is 1. The van der Waals surface area contributed by atoms with Crippen molar-refractivity contribution in [2.75, 3.05) is 0 Å². The van der Waals surface area contributed by atoms with Gasteiger partial charge in [-0.2, -0.15) is 0 Å². The molecule has 0 N–H and O–H groups in total. The van der Waals surface area contributed by atoms with Crippen molar-refractivity contribution in [3.63, 3.8) is 0 Å². The first-order valence-corrected chi connectivity index (χ1v) is 19.8. The van der Waals surface area contributed by atoms with Crippen LogP contribution in [0.4, 0.5) is 0 Å². The van der Waals surface area contributed by atoms with Gasteiger partial charge in [-0.1, -0.05) is 123 Å². The topological polar surface area (TPSA) is 22.8 Å². The molecular formula is C54H37N3. The van der Waals surface area contributed by atoms with Crippen LogP contribution in [0.3, 0.4) is 0 Å². The molecule has 1 aliphatic rings. The van der Waals surface area contributed by atoms with Gasteiger partial charge in [0.05, 0.1) is 22.1 Å². The normalized spacial score (nSPS) is 13.2. The third-order valence-corrected chi connectivity index (χ3v) is 12.6. The zero-order valence-corrected chi connectivity index (χ0v) is 31.7. The first-order valence-electron chi connectivity index (χ1n) is 19.8. The van der Waals surface area contributed by atoms with E-state index in [0.717, 1.165) is 5.69 Å². The number of fused-ring (bicyclic) bond motifs is 10. The predicted octanol–water partition coefficient (Wildman–Crippen LogP) is 14.1. The minimum absolute atomic E-state index is 0.136. The van der Waals surface area contributed by atoms with Crippen LogP contribution in [0.25, 0.3) is 99.1 Å². The summed E-state index contributed by atoms with van der Waals surface area (Å²) in [6.45, 7) is 4.76. The van der Waals surface area contributed by atoms with Gasteiger partial charge in [-0.3, -0.25) is 4.98 Å². The van der Waals surface area contributed by atoms with Gasteiger partial charge in [-0.15, -0.1) is 0 Å². The van der Waals surface area contributed by atoms with E-state index in [2.05, 4.69) is 204 Å². The number of nitrogens with zero attached hydrogens (tertiary/aromatic N) is 3. The Balaban J connectivity index is 0.868. The fourth-order valence-electron chi connectivity index (χ4n) is 9.75. The van der Waals surface area contributed by atoms with E-state index in [1.807, 2.05) is 12.4 Å². The summed E-state index contributed by atoms with van der Waals surface area (Å²) in [5.41, 5.74) is 17.4. The van der Waals surface area contributed by atoms with Crippen LogP contribution in [0.5, 0.6) is 0 Å². The maximum Gasteiger partial charge on any atom is 0.0571 e. The van der Waals surface area contributed by atoms with Gasteiger partial charge in [0.25, 0.3) is 0 Å². The number of aromatic nitrogens is 3. The van der Waals surface area contributed by atoms with Crippen molar-refractivity contribution in [1.29, 1.82) is 0 Å². The van der Waals surface area contributed by atoms with Crippen molar-refractivity contribution >= 4 is 54.4 Å². The minimum Gasteiger partial charge on any atom is -0.309 e. The number of rotatable bonds is 4. The standard InChI is InChI=1S/C54H37N3/c1-54(2)48-31-38(34-17-22-40(23-18-34)56-50-12-6-3-9-44(50)45-10-4-7-13-51(45)56)20-25-42(48)43-26-21-39(32-49(43)54)35-15-16-37-30-41(24-19-36(37)29-35)57-52-14-8-5-11-46(52)47-33-55-28-27-53(47)57/h3-33H,1-2H3. The second kappa shape index (κ2) is 11.9. The highest BCUT2D eigenvalue weighted by atomic mass is 15.0. The van der Waals surface area contributed by atoms with Crippen LogP contribution >= 0.6 is 0 Å². The molecule has 0 aliphatic heterocycles. The quantitative estimate of drug-likeness (QED) is 0.177.